The van der Waals surface area contributed by atoms with E-state index in [1.165, 1.54) is 18.7 Å². The fourth-order valence-corrected chi connectivity index (χ4v) is 3.68. The molecule has 3 aromatic rings. The number of ether oxygens (including phenoxy) is 2. The molecule has 1 aliphatic rings. The lowest BCUT2D eigenvalue weighted by atomic mass is 10.0. The number of nitrogens with zero attached hydrogens (tertiary/aromatic N) is 3. The average Bonchev–Trinajstić information content (AvgIpc) is 3.39. The van der Waals surface area contributed by atoms with Crippen LogP contribution in [0.5, 0.6) is 11.5 Å². The van der Waals surface area contributed by atoms with Gasteiger partial charge in [-0.15, -0.1) is 0 Å². The summed E-state index contributed by atoms with van der Waals surface area (Å²) in [6.07, 6.45) is 2.21. The number of aromatic nitrogens is 2. The third-order valence-electron chi connectivity index (χ3n) is 4.99. The first kappa shape index (κ1) is 19.3. The molecule has 1 fully saturated rings. The third kappa shape index (κ3) is 4.37. The molecule has 0 saturated carbocycles. The molecule has 2 heterocycles. The van der Waals surface area contributed by atoms with Gasteiger partial charge in [0.25, 0.3) is 0 Å². The lowest BCUT2D eigenvalue weighted by Gasteiger charge is -2.22. The van der Waals surface area contributed by atoms with E-state index >= 15 is 0 Å². The summed E-state index contributed by atoms with van der Waals surface area (Å²) in [4.78, 5) is 6.80. The Kier molecular flexibility index (Phi) is 5.71. The second-order valence-corrected chi connectivity index (χ2v) is 6.80. The second-order valence-electron chi connectivity index (χ2n) is 6.80. The summed E-state index contributed by atoms with van der Waals surface area (Å²) in [7, 11) is 1.39. The van der Waals surface area contributed by atoms with Crippen molar-refractivity contribution < 1.29 is 22.8 Å². The Morgan fingerprint density at radius 2 is 2.00 bits per heavy atom. The molecule has 2 aromatic carbocycles. The summed E-state index contributed by atoms with van der Waals surface area (Å²) in [6, 6.07) is 15.3. The predicted molar refractivity (Wildman–Crippen MR) is 102 cm³/mol. The highest BCUT2D eigenvalue weighted by Crippen LogP contribution is 2.34. The van der Waals surface area contributed by atoms with Crippen molar-refractivity contribution in [1.82, 2.24) is 15.0 Å². The van der Waals surface area contributed by atoms with Crippen LogP contribution >= 0.6 is 0 Å². The van der Waals surface area contributed by atoms with Gasteiger partial charge in [0.05, 0.1) is 13.7 Å². The van der Waals surface area contributed by atoms with E-state index in [1.807, 2.05) is 18.2 Å². The summed E-state index contributed by atoms with van der Waals surface area (Å²) in [6.45, 7) is -1.41. The van der Waals surface area contributed by atoms with Gasteiger partial charge in [-0.2, -0.15) is 13.8 Å². The molecule has 1 saturated heterocycles. The van der Waals surface area contributed by atoms with Gasteiger partial charge in [-0.05, 0) is 43.1 Å². The molecular formula is C21H21F2N3O3. The van der Waals surface area contributed by atoms with Crippen molar-refractivity contribution >= 4 is 0 Å². The SMILES string of the molecule is COc1cc(-c2noc(CN3CCCC3c3ccccc3)n2)ccc1OC(F)F. The molecule has 0 spiro atoms. The summed E-state index contributed by atoms with van der Waals surface area (Å²) < 4.78 is 40.0. The number of likely N-dealkylation sites (tertiary alicyclic amines) is 1. The van der Waals surface area contributed by atoms with Crippen LogP contribution < -0.4 is 9.47 Å². The zero-order valence-electron chi connectivity index (χ0n) is 15.9. The molecule has 0 amide bonds. The van der Waals surface area contributed by atoms with Gasteiger partial charge in [-0.3, -0.25) is 4.90 Å². The normalized spacial score (nSPS) is 17.0. The molecule has 6 nitrogen and oxygen atoms in total. The van der Waals surface area contributed by atoms with Crippen LogP contribution in [0, 0.1) is 0 Å². The summed E-state index contributed by atoms with van der Waals surface area (Å²) in [5.74, 6) is 1.02. The van der Waals surface area contributed by atoms with E-state index in [2.05, 4.69) is 31.9 Å². The first-order valence-electron chi connectivity index (χ1n) is 9.39. The molecular weight excluding hydrogens is 380 g/mol. The lowest BCUT2D eigenvalue weighted by Crippen LogP contribution is -2.22. The highest BCUT2D eigenvalue weighted by Gasteiger charge is 2.27. The van der Waals surface area contributed by atoms with Gasteiger partial charge in [0, 0.05) is 11.6 Å². The topological polar surface area (TPSA) is 60.6 Å². The van der Waals surface area contributed by atoms with Crippen LogP contribution in [-0.4, -0.2) is 35.3 Å². The van der Waals surface area contributed by atoms with Crippen LogP contribution in [0.4, 0.5) is 8.78 Å². The predicted octanol–water partition coefficient (Wildman–Crippen LogP) is 4.68. The minimum Gasteiger partial charge on any atom is -0.493 e. The van der Waals surface area contributed by atoms with Gasteiger partial charge in [-0.1, -0.05) is 35.5 Å². The molecule has 1 aromatic heterocycles. The number of benzene rings is 2. The summed E-state index contributed by atoms with van der Waals surface area (Å²) in [5, 5.41) is 4.03. The Labute approximate surface area is 167 Å². The van der Waals surface area contributed by atoms with E-state index in [4.69, 9.17) is 9.26 Å². The zero-order valence-corrected chi connectivity index (χ0v) is 15.9. The van der Waals surface area contributed by atoms with Crippen molar-refractivity contribution in [2.24, 2.45) is 0 Å². The lowest BCUT2D eigenvalue weighted by molar-refractivity contribution is -0.0512. The second kappa shape index (κ2) is 8.57. The van der Waals surface area contributed by atoms with Crippen molar-refractivity contribution in [3.63, 3.8) is 0 Å². The molecule has 8 heteroatoms. The zero-order chi connectivity index (χ0) is 20.2. The number of rotatable bonds is 7. The first-order valence-corrected chi connectivity index (χ1v) is 9.39. The molecule has 152 valence electrons. The third-order valence-corrected chi connectivity index (χ3v) is 4.99. The van der Waals surface area contributed by atoms with Crippen molar-refractivity contribution in [3.8, 4) is 22.9 Å². The quantitative estimate of drug-likeness (QED) is 0.573. The molecule has 1 atom stereocenters. The Balaban J connectivity index is 1.50. The van der Waals surface area contributed by atoms with Crippen molar-refractivity contribution in [2.45, 2.75) is 32.0 Å². The molecule has 29 heavy (non-hydrogen) atoms. The number of hydrogen-bond acceptors (Lipinski definition) is 6. The number of hydrogen-bond donors (Lipinski definition) is 0. The highest BCUT2D eigenvalue weighted by atomic mass is 19.3. The van der Waals surface area contributed by atoms with Crippen LogP contribution in [0.1, 0.15) is 30.3 Å². The van der Waals surface area contributed by atoms with Crippen LogP contribution in [0.2, 0.25) is 0 Å². The van der Waals surface area contributed by atoms with Crippen LogP contribution in [0.3, 0.4) is 0 Å². The monoisotopic (exact) mass is 401 g/mol. The van der Waals surface area contributed by atoms with Gasteiger partial charge in [0.1, 0.15) is 0 Å². The van der Waals surface area contributed by atoms with E-state index in [0.29, 0.717) is 29.9 Å². The minimum atomic E-state index is -2.93. The Hall–Kier alpha value is -3.00. The van der Waals surface area contributed by atoms with E-state index in [9.17, 15) is 8.78 Å². The first-order chi connectivity index (χ1) is 14.1. The van der Waals surface area contributed by atoms with Crippen LogP contribution in [0.25, 0.3) is 11.4 Å². The highest BCUT2D eigenvalue weighted by molar-refractivity contribution is 5.60. The van der Waals surface area contributed by atoms with Crippen molar-refractivity contribution in [2.75, 3.05) is 13.7 Å². The molecule has 1 aliphatic heterocycles. The van der Waals surface area contributed by atoms with Gasteiger partial charge < -0.3 is 14.0 Å². The molecule has 4 rings (SSSR count). The fraction of sp³-hybridized carbons (Fsp3) is 0.333. The number of methoxy groups -OCH3 is 1. The van der Waals surface area contributed by atoms with Crippen LogP contribution in [0.15, 0.2) is 53.1 Å². The molecule has 0 N–H and O–H groups in total. The maximum Gasteiger partial charge on any atom is 0.387 e. The molecule has 0 bridgehead atoms. The Bertz CT molecular complexity index is 949. The standard InChI is InChI=1S/C21H21F2N3O3/c1-27-18-12-15(9-10-17(18)28-21(22)23)20-24-19(29-25-20)13-26-11-5-8-16(26)14-6-3-2-4-7-14/h2-4,6-7,9-10,12,16,21H,5,8,11,13H2,1H3. The van der Waals surface area contributed by atoms with E-state index in [0.717, 1.165) is 19.4 Å². The van der Waals surface area contributed by atoms with Crippen LogP contribution in [-0.2, 0) is 6.54 Å². The number of alkyl halides is 2. The molecule has 0 aliphatic carbocycles. The minimum absolute atomic E-state index is 0.0438. The van der Waals surface area contributed by atoms with E-state index < -0.39 is 6.61 Å². The van der Waals surface area contributed by atoms with Crippen molar-refractivity contribution in [3.05, 3.63) is 60.0 Å². The maximum absolute atomic E-state index is 12.5. The molecule has 0 radical (unpaired) electrons. The van der Waals surface area contributed by atoms with E-state index in [-0.39, 0.29) is 11.5 Å². The largest absolute Gasteiger partial charge is 0.493 e. The number of halogens is 2. The summed E-state index contributed by atoms with van der Waals surface area (Å²) >= 11 is 0. The Morgan fingerprint density at radius 3 is 2.76 bits per heavy atom. The maximum atomic E-state index is 12.5. The van der Waals surface area contributed by atoms with Gasteiger partial charge in [0.15, 0.2) is 11.5 Å². The Morgan fingerprint density at radius 1 is 1.17 bits per heavy atom. The van der Waals surface area contributed by atoms with E-state index in [1.54, 1.807) is 12.1 Å². The van der Waals surface area contributed by atoms with Gasteiger partial charge >= 0.3 is 6.61 Å². The summed E-state index contributed by atoms with van der Waals surface area (Å²) in [5.41, 5.74) is 1.88. The smallest absolute Gasteiger partial charge is 0.387 e. The fourth-order valence-electron chi connectivity index (χ4n) is 3.68. The van der Waals surface area contributed by atoms with Crippen molar-refractivity contribution in [1.29, 1.82) is 0 Å². The average molecular weight is 401 g/mol. The van der Waals surface area contributed by atoms with Gasteiger partial charge in [-0.25, -0.2) is 0 Å². The van der Waals surface area contributed by atoms with Gasteiger partial charge in [0.2, 0.25) is 11.7 Å². The molecule has 1 unspecified atom stereocenters.